The molecule has 0 aliphatic carbocycles. The molecule has 1 aromatic heterocycles. The molecular formula is C20H16N2. The molecule has 4 rings (SSSR count). The zero-order valence-electron chi connectivity index (χ0n) is 12.2. The molecule has 22 heavy (non-hydrogen) atoms. The molecular weight excluding hydrogens is 268 g/mol. The number of aromatic nitrogens is 1. The van der Waals surface area contributed by atoms with Crippen LogP contribution in [0, 0.1) is 0 Å². The van der Waals surface area contributed by atoms with Crippen LogP contribution < -0.4 is 5.32 Å². The van der Waals surface area contributed by atoms with Gasteiger partial charge in [-0.3, -0.25) is 0 Å². The molecule has 3 aromatic carbocycles. The van der Waals surface area contributed by atoms with Crippen molar-refractivity contribution in [3.8, 4) is 5.69 Å². The number of nitrogens with one attached hydrogen (secondary N) is 1. The highest BCUT2D eigenvalue weighted by molar-refractivity contribution is 6.09. The van der Waals surface area contributed by atoms with Gasteiger partial charge in [0.15, 0.2) is 0 Å². The Hall–Kier alpha value is -3.00. The molecule has 0 unspecified atom stereocenters. The van der Waals surface area contributed by atoms with E-state index in [1.165, 1.54) is 21.8 Å². The topological polar surface area (TPSA) is 17.0 Å². The van der Waals surface area contributed by atoms with Gasteiger partial charge in [-0.1, -0.05) is 55.1 Å². The summed E-state index contributed by atoms with van der Waals surface area (Å²) in [5.74, 6) is 0. The first-order valence-electron chi connectivity index (χ1n) is 7.35. The second-order valence-electron chi connectivity index (χ2n) is 5.24. The Morgan fingerprint density at radius 2 is 1.27 bits per heavy atom. The SMILES string of the molecule is C=CNc1ccccc1-n1c2ccccc2c2ccccc21. The molecule has 2 nitrogen and oxygen atoms in total. The first-order valence-corrected chi connectivity index (χ1v) is 7.35. The van der Waals surface area contributed by atoms with Gasteiger partial charge < -0.3 is 9.88 Å². The van der Waals surface area contributed by atoms with Gasteiger partial charge in [-0.25, -0.2) is 0 Å². The van der Waals surface area contributed by atoms with E-state index in [1.807, 2.05) is 6.07 Å². The van der Waals surface area contributed by atoms with Gasteiger partial charge >= 0.3 is 0 Å². The molecule has 1 N–H and O–H groups in total. The number of hydrogen-bond donors (Lipinski definition) is 1. The fourth-order valence-corrected chi connectivity index (χ4v) is 3.08. The zero-order chi connectivity index (χ0) is 14.9. The summed E-state index contributed by atoms with van der Waals surface area (Å²) in [5, 5.41) is 5.78. The lowest BCUT2D eigenvalue weighted by Crippen LogP contribution is -1.99. The van der Waals surface area contributed by atoms with Gasteiger partial charge in [0.25, 0.3) is 0 Å². The van der Waals surface area contributed by atoms with E-state index in [2.05, 4.69) is 83.2 Å². The molecule has 0 radical (unpaired) electrons. The Kier molecular flexibility index (Phi) is 2.94. The van der Waals surface area contributed by atoms with Crippen molar-refractivity contribution in [1.29, 1.82) is 0 Å². The molecule has 0 fully saturated rings. The maximum atomic E-state index is 3.78. The second-order valence-corrected chi connectivity index (χ2v) is 5.24. The van der Waals surface area contributed by atoms with Crippen LogP contribution in [0.25, 0.3) is 27.5 Å². The Labute approximate surface area is 129 Å². The molecule has 0 aliphatic rings. The van der Waals surface area contributed by atoms with E-state index in [0.717, 1.165) is 11.4 Å². The van der Waals surface area contributed by atoms with Crippen LogP contribution in [-0.4, -0.2) is 4.57 Å². The smallest absolute Gasteiger partial charge is 0.0697 e. The molecule has 2 heteroatoms. The third-order valence-electron chi connectivity index (χ3n) is 3.98. The van der Waals surface area contributed by atoms with E-state index in [-0.39, 0.29) is 0 Å². The van der Waals surface area contributed by atoms with Gasteiger partial charge in [0.2, 0.25) is 0 Å². The Bertz CT molecular complexity index is 926. The first-order chi connectivity index (χ1) is 10.9. The van der Waals surface area contributed by atoms with E-state index in [1.54, 1.807) is 6.20 Å². The van der Waals surface area contributed by atoms with Gasteiger partial charge in [0.1, 0.15) is 0 Å². The fourth-order valence-electron chi connectivity index (χ4n) is 3.08. The highest BCUT2D eigenvalue weighted by Gasteiger charge is 2.13. The molecule has 0 saturated carbocycles. The average Bonchev–Trinajstić information content (AvgIpc) is 2.90. The molecule has 0 amide bonds. The number of benzene rings is 3. The minimum Gasteiger partial charge on any atom is -0.361 e. The van der Waals surface area contributed by atoms with Crippen LogP contribution in [-0.2, 0) is 0 Å². The second kappa shape index (κ2) is 5.08. The molecule has 106 valence electrons. The van der Waals surface area contributed by atoms with Crippen molar-refractivity contribution < 1.29 is 0 Å². The molecule has 0 saturated heterocycles. The van der Waals surface area contributed by atoms with Crippen molar-refractivity contribution in [2.75, 3.05) is 5.32 Å². The van der Waals surface area contributed by atoms with Gasteiger partial charge in [0, 0.05) is 10.8 Å². The van der Waals surface area contributed by atoms with Crippen LogP contribution in [0.1, 0.15) is 0 Å². The van der Waals surface area contributed by atoms with Crippen molar-refractivity contribution in [3.05, 3.63) is 85.6 Å². The number of anilines is 1. The molecule has 0 bridgehead atoms. The van der Waals surface area contributed by atoms with Crippen molar-refractivity contribution in [1.82, 2.24) is 4.57 Å². The van der Waals surface area contributed by atoms with Gasteiger partial charge in [-0.05, 0) is 30.5 Å². The van der Waals surface area contributed by atoms with E-state index < -0.39 is 0 Å². The fraction of sp³-hybridized carbons (Fsp3) is 0. The van der Waals surface area contributed by atoms with Crippen molar-refractivity contribution in [3.63, 3.8) is 0 Å². The van der Waals surface area contributed by atoms with E-state index >= 15 is 0 Å². The zero-order valence-corrected chi connectivity index (χ0v) is 12.2. The Morgan fingerprint density at radius 1 is 0.727 bits per heavy atom. The summed E-state index contributed by atoms with van der Waals surface area (Å²) >= 11 is 0. The maximum absolute atomic E-state index is 3.78. The average molecular weight is 284 g/mol. The van der Waals surface area contributed by atoms with Gasteiger partial charge in [0.05, 0.1) is 22.4 Å². The number of para-hydroxylation sites is 4. The molecule has 0 spiro atoms. The molecule has 4 aromatic rings. The summed E-state index contributed by atoms with van der Waals surface area (Å²) in [5.41, 5.74) is 4.59. The van der Waals surface area contributed by atoms with Crippen molar-refractivity contribution in [2.24, 2.45) is 0 Å². The lowest BCUT2D eigenvalue weighted by molar-refractivity contribution is 1.18. The number of fused-ring (bicyclic) bond motifs is 3. The third-order valence-corrected chi connectivity index (χ3v) is 3.98. The van der Waals surface area contributed by atoms with Crippen molar-refractivity contribution >= 4 is 27.5 Å². The molecule has 0 atom stereocenters. The number of hydrogen-bond acceptors (Lipinski definition) is 1. The van der Waals surface area contributed by atoms with Crippen LogP contribution in [0.3, 0.4) is 0 Å². The number of rotatable bonds is 3. The van der Waals surface area contributed by atoms with Crippen LogP contribution in [0.5, 0.6) is 0 Å². The quantitative estimate of drug-likeness (QED) is 0.537. The summed E-state index contributed by atoms with van der Waals surface area (Å²) in [6.07, 6.45) is 1.71. The van der Waals surface area contributed by atoms with Crippen molar-refractivity contribution in [2.45, 2.75) is 0 Å². The predicted octanol–water partition coefficient (Wildman–Crippen LogP) is 5.34. The number of nitrogens with zero attached hydrogens (tertiary/aromatic N) is 1. The summed E-state index contributed by atoms with van der Waals surface area (Å²) in [7, 11) is 0. The monoisotopic (exact) mass is 284 g/mol. The summed E-state index contributed by atoms with van der Waals surface area (Å²) in [6.45, 7) is 3.78. The Morgan fingerprint density at radius 3 is 1.91 bits per heavy atom. The van der Waals surface area contributed by atoms with Gasteiger partial charge in [-0.15, -0.1) is 0 Å². The Balaban J connectivity index is 2.16. The molecule has 0 aliphatic heterocycles. The largest absolute Gasteiger partial charge is 0.361 e. The van der Waals surface area contributed by atoms with E-state index in [0.29, 0.717) is 0 Å². The highest BCUT2D eigenvalue weighted by Crippen LogP contribution is 2.34. The minimum atomic E-state index is 1.05. The normalized spacial score (nSPS) is 10.9. The summed E-state index contributed by atoms with van der Waals surface area (Å²) < 4.78 is 2.30. The van der Waals surface area contributed by atoms with Crippen LogP contribution in [0.15, 0.2) is 85.6 Å². The lowest BCUT2D eigenvalue weighted by Gasteiger charge is -2.13. The third kappa shape index (κ3) is 1.81. The highest BCUT2D eigenvalue weighted by atomic mass is 15.0. The minimum absolute atomic E-state index is 1.05. The van der Waals surface area contributed by atoms with Crippen LogP contribution >= 0.6 is 0 Å². The van der Waals surface area contributed by atoms with Gasteiger partial charge in [-0.2, -0.15) is 0 Å². The van der Waals surface area contributed by atoms with E-state index in [4.69, 9.17) is 0 Å². The first kappa shape index (κ1) is 12.7. The predicted molar refractivity (Wildman–Crippen MR) is 94.6 cm³/mol. The van der Waals surface area contributed by atoms with Crippen LogP contribution in [0.4, 0.5) is 5.69 Å². The standard InChI is InChI=1S/C20H16N2/c1-2-21-17-11-5-8-14-20(17)22-18-12-6-3-9-15(18)16-10-4-7-13-19(16)22/h2-14,21H,1H2. The molecule has 1 heterocycles. The lowest BCUT2D eigenvalue weighted by atomic mass is 10.2. The maximum Gasteiger partial charge on any atom is 0.0697 e. The van der Waals surface area contributed by atoms with Crippen LogP contribution in [0.2, 0.25) is 0 Å². The summed E-state index contributed by atoms with van der Waals surface area (Å²) in [6, 6.07) is 25.3. The summed E-state index contributed by atoms with van der Waals surface area (Å²) in [4.78, 5) is 0. The van der Waals surface area contributed by atoms with E-state index in [9.17, 15) is 0 Å².